The van der Waals surface area contributed by atoms with Crippen molar-refractivity contribution in [2.45, 2.75) is 32.2 Å². The van der Waals surface area contributed by atoms with Crippen LogP contribution < -0.4 is 14.4 Å². The number of aromatic nitrogens is 1. The highest BCUT2D eigenvalue weighted by Crippen LogP contribution is 2.44. The van der Waals surface area contributed by atoms with Crippen LogP contribution in [0.1, 0.15) is 43.7 Å². The molecular weight excluding hydrogens is 436 g/mol. The van der Waals surface area contributed by atoms with E-state index in [0.717, 1.165) is 0 Å². The van der Waals surface area contributed by atoms with Crippen LogP contribution in [0.4, 0.5) is 5.82 Å². The first kappa shape index (κ1) is 23.1. The number of anilines is 1. The Bertz CT molecular complexity index is 1270. The van der Waals surface area contributed by atoms with Crippen molar-refractivity contribution in [2.24, 2.45) is 0 Å². The van der Waals surface area contributed by atoms with Crippen molar-refractivity contribution >= 4 is 23.3 Å². The number of amides is 1. The van der Waals surface area contributed by atoms with Crippen molar-refractivity contribution in [2.75, 3.05) is 19.1 Å². The van der Waals surface area contributed by atoms with Gasteiger partial charge in [-0.15, -0.1) is 0 Å². The Balaban J connectivity index is 1.95. The molecule has 34 heavy (non-hydrogen) atoms. The largest absolute Gasteiger partial charge is 0.507 e. The lowest BCUT2D eigenvalue weighted by atomic mass is 9.93. The minimum atomic E-state index is -0.960. The van der Waals surface area contributed by atoms with Gasteiger partial charge in [-0.1, -0.05) is 62.3 Å². The highest BCUT2D eigenvalue weighted by atomic mass is 16.5. The zero-order valence-corrected chi connectivity index (χ0v) is 19.7. The van der Waals surface area contributed by atoms with Crippen LogP contribution in [0.2, 0.25) is 0 Å². The van der Waals surface area contributed by atoms with Gasteiger partial charge in [-0.2, -0.15) is 0 Å². The Kier molecular flexibility index (Phi) is 5.91. The van der Waals surface area contributed by atoms with E-state index in [1.165, 1.54) is 19.1 Å². The normalized spacial score (nSPS) is 17.8. The number of benzene rings is 2. The number of carbonyl (C=O) groups is 2. The minimum Gasteiger partial charge on any atom is -0.507 e. The Morgan fingerprint density at radius 3 is 2.26 bits per heavy atom. The highest BCUT2D eigenvalue weighted by molar-refractivity contribution is 6.51. The van der Waals surface area contributed by atoms with Gasteiger partial charge in [0.25, 0.3) is 5.78 Å². The fraction of sp³-hybridized carbons (Fsp3) is 0.269. The van der Waals surface area contributed by atoms with Gasteiger partial charge in [-0.25, -0.2) is 0 Å². The molecule has 1 aliphatic rings. The zero-order valence-electron chi connectivity index (χ0n) is 19.7. The second-order valence-corrected chi connectivity index (χ2v) is 8.95. The predicted molar refractivity (Wildman–Crippen MR) is 126 cm³/mol. The summed E-state index contributed by atoms with van der Waals surface area (Å²) >= 11 is 0. The van der Waals surface area contributed by atoms with E-state index < -0.39 is 17.7 Å². The molecule has 4 rings (SSSR count). The lowest BCUT2D eigenvalue weighted by molar-refractivity contribution is -0.132. The molecular formula is C26H26N2O6. The van der Waals surface area contributed by atoms with E-state index in [1.807, 2.05) is 20.8 Å². The van der Waals surface area contributed by atoms with E-state index in [-0.39, 0.29) is 22.6 Å². The highest BCUT2D eigenvalue weighted by Gasteiger charge is 2.48. The molecule has 0 saturated carbocycles. The Hall–Kier alpha value is -4.07. The number of ether oxygens (including phenoxy) is 2. The lowest BCUT2D eigenvalue weighted by Gasteiger charge is -2.23. The molecule has 0 unspecified atom stereocenters. The van der Waals surface area contributed by atoms with E-state index >= 15 is 0 Å². The molecule has 1 amide bonds. The standard InChI is InChI=1S/C26H26N2O6/c1-26(2,3)19-14-20(27-34-19)28-22(16-11-12-17(32-4)18(13-16)33-5)21(24(30)25(28)31)23(29)15-9-7-6-8-10-15/h6-14,22,29H,1-5H3/t22-/m0/s1. The van der Waals surface area contributed by atoms with Crippen molar-refractivity contribution < 1.29 is 28.7 Å². The maximum atomic E-state index is 13.3. The van der Waals surface area contributed by atoms with Crippen LogP contribution in [-0.2, 0) is 15.0 Å². The summed E-state index contributed by atoms with van der Waals surface area (Å²) in [5, 5.41) is 15.2. The topological polar surface area (TPSA) is 102 Å². The van der Waals surface area contributed by atoms with E-state index in [4.69, 9.17) is 14.0 Å². The number of hydrogen-bond acceptors (Lipinski definition) is 7. The van der Waals surface area contributed by atoms with Gasteiger partial charge in [0.2, 0.25) is 0 Å². The van der Waals surface area contributed by atoms with Gasteiger partial charge in [0, 0.05) is 17.0 Å². The number of rotatable bonds is 5. The number of hydrogen-bond donors (Lipinski definition) is 1. The summed E-state index contributed by atoms with van der Waals surface area (Å²) in [6.07, 6.45) is 0. The third kappa shape index (κ3) is 3.91. The third-order valence-electron chi connectivity index (χ3n) is 5.70. The minimum absolute atomic E-state index is 0.0521. The molecule has 1 aromatic heterocycles. The van der Waals surface area contributed by atoms with Gasteiger partial charge in [0.15, 0.2) is 17.3 Å². The Morgan fingerprint density at radius 2 is 1.68 bits per heavy atom. The van der Waals surface area contributed by atoms with Crippen molar-refractivity contribution in [3.8, 4) is 11.5 Å². The third-order valence-corrected chi connectivity index (χ3v) is 5.70. The van der Waals surface area contributed by atoms with E-state index in [1.54, 1.807) is 54.6 Å². The molecule has 0 bridgehead atoms. The SMILES string of the molecule is COc1ccc([C@H]2C(=C(O)c3ccccc3)C(=O)C(=O)N2c2cc(C(C)(C)C)on2)cc1OC. The quantitative estimate of drug-likeness (QED) is 0.335. The molecule has 2 heterocycles. The monoisotopic (exact) mass is 462 g/mol. The maximum Gasteiger partial charge on any atom is 0.301 e. The van der Waals surface area contributed by atoms with E-state index in [0.29, 0.717) is 28.4 Å². The summed E-state index contributed by atoms with van der Waals surface area (Å²) in [5.74, 6) is -0.269. The van der Waals surface area contributed by atoms with Gasteiger partial charge >= 0.3 is 5.91 Å². The number of ketones is 1. The van der Waals surface area contributed by atoms with Crippen LogP contribution in [-0.4, -0.2) is 36.2 Å². The lowest BCUT2D eigenvalue weighted by Crippen LogP contribution is -2.29. The number of aliphatic hydroxyl groups is 1. The molecule has 0 spiro atoms. The fourth-order valence-electron chi connectivity index (χ4n) is 3.89. The van der Waals surface area contributed by atoms with Gasteiger partial charge in [-0.3, -0.25) is 14.5 Å². The van der Waals surface area contributed by atoms with Crippen molar-refractivity contribution in [3.05, 3.63) is 77.1 Å². The molecule has 1 saturated heterocycles. The molecule has 0 radical (unpaired) electrons. The van der Waals surface area contributed by atoms with Crippen LogP contribution in [0.15, 0.2) is 64.7 Å². The first-order valence-corrected chi connectivity index (χ1v) is 10.7. The summed E-state index contributed by atoms with van der Waals surface area (Å²) in [7, 11) is 3.01. The number of carbonyl (C=O) groups excluding carboxylic acids is 2. The zero-order chi connectivity index (χ0) is 24.6. The van der Waals surface area contributed by atoms with Crippen LogP contribution in [0.25, 0.3) is 5.76 Å². The summed E-state index contributed by atoms with van der Waals surface area (Å²) < 4.78 is 16.3. The average molecular weight is 463 g/mol. The van der Waals surface area contributed by atoms with Crippen molar-refractivity contribution in [3.63, 3.8) is 0 Å². The molecule has 1 N–H and O–H groups in total. The predicted octanol–water partition coefficient (Wildman–Crippen LogP) is 4.62. The van der Waals surface area contributed by atoms with Gasteiger partial charge in [0.05, 0.1) is 25.8 Å². The summed E-state index contributed by atoms with van der Waals surface area (Å²) in [6, 6.07) is 14.4. The van der Waals surface area contributed by atoms with Crippen LogP contribution in [0, 0.1) is 0 Å². The number of methoxy groups -OCH3 is 2. The van der Waals surface area contributed by atoms with Crippen molar-refractivity contribution in [1.82, 2.24) is 5.16 Å². The first-order valence-electron chi connectivity index (χ1n) is 10.7. The fourth-order valence-corrected chi connectivity index (χ4v) is 3.89. The number of aliphatic hydroxyl groups excluding tert-OH is 1. The molecule has 2 aromatic carbocycles. The summed E-state index contributed by atoms with van der Waals surface area (Å²) in [4.78, 5) is 27.8. The molecule has 1 fully saturated rings. The molecule has 8 nitrogen and oxygen atoms in total. The summed E-state index contributed by atoms with van der Waals surface area (Å²) in [5.41, 5.74) is 0.543. The second-order valence-electron chi connectivity index (χ2n) is 8.95. The van der Waals surface area contributed by atoms with Crippen molar-refractivity contribution in [1.29, 1.82) is 0 Å². The number of nitrogens with zero attached hydrogens (tertiary/aromatic N) is 2. The first-order chi connectivity index (χ1) is 16.2. The Labute approximate surface area is 197 Å². The Morgan fingerprint density at radius 1 is 1.00 bits per heavy atom. The molecule has 176 valence electrons. The molecule has 0 aliphatic carbocycles. The van der Waals surface area contributed by atoms with Gasteiger partial charge in [-0.05, 0) is 17.7 Å². The maximum absolute atomic E-state index is 13.3. The van der Waals surface area contributed by atoms with Gasteiger partial charge in [0.1, 0.15) is 11.5 Å². The average Bonchev–Trinajstić information content (AvgIpc) is 3.42. The molecule has 3 aromatic rings. The van der Waals surface area contributed by atoms with Crippen LogP contribution >= 0.6 is 0 Å². The molecule has 8 heteroatoms. The number of Topliss-reactive ketones (excluding diaryl/α,β-unsaturated/α-hetero) is 1. The summed E-state index contributed by atoms with van der Waals surface area (Å²) in [6.45, 7) is 5.85. The van der Waals surface area contributed by atoms with E-state index in [9.17, 15) is 14.7 Å². The van der Waals surface area contributed by atoms with E-state index in [2.05, 4.69) is 5.16 Å². The molecule has 1 atom stereocenters. The van der Waals surface area contributed by atoms with Crippen LogP contribution in [0.3, 0.4) is 0 Å². The van der Waals surface area contributed by atoms with Gasteiger partial charge < -0.3 is 19.1 Å². The second kappa shape index (κ2) is 8.70. The smallest absolute Gasteiger partial charge is 0.301 e. The van der Waals surface area contributed by atoms with Crippen LogP contribution in [0.5, 0.6) is 11.5 Å². The molecule has 1 aliphatic heterocycles.